The first kappa shape index (κ1) is 24.3. The molecule has 8 heteroatoms. The number of alkyl halides is 3. The number of hydrogen-bond acceptors (Lipinski definition) is 4. The van der Waals surface area contributed by atoms with E-state index in [-0.39, 0.29) is 30.0 Å². The molecule has 2 saturated heterocycles. The maximum Gasteiger partial charge on any atom is 0.241 e. The predicted octanol–water partition coefficient (Wildman–Crippen LogP) is 3.05. The SMILES string of the molecule is CC1CCC(F)C2CC(C(=O)NC3CC(C(F)F)CC(N4CCC(N(C)C)CC4)C3)NC12. The molecule has 0 radical (unpaired) electrons. The van der Waals surface area contributed by atoms with Gasteiger partial charge in [-0.05, 0) is 84.5 Å². The van der Waals surface area contributed by atoms with E-state index in [9.17, 15) is 18.0 Å². The van der Waals surface area contributed by atoms with Gasteiger partial charge in [0.15, 0.2) is 0 Å². The number of fused-ring (bicyclic) bond motifs is 1. The van der Waals surface area contributed by atoms with Gasteiger partial charge in [0, 0.05) is 36.0 Å². The third-order valence-electron chi connectivity index (χ3n) is 8.82. The van der Waals surface area contributed by atoms with Gasteiger partial charge in [-0.15, -0.1) is 0 Å². The van der Waals surface area contributed by atoms with Crippen molar-refractivity contribution < 1.29 is 18.0 Å². The van der Waals surface area contributed by atoms with E-state index in [4.69, 9.17) is 0 Å². The highest BCUT2D eigenvalue weighted by Crippen LogP contribution is 2.39. The fourth-order valence-corrected chi connectivity index (χ4v) is 6.82. The quantitative estimate of drug-likeness (QED) is 0.665. The van der Waals surface area contributed by atoms with Crippen molar-refractivity contribution in [3.63, 3.8) is 0 Å². The summed E-state index contributed by atoms with van der Waals surface area (Å²) in [5, 5.41) is 6.46. The van der Waals surface area contributed by atoms with Gasteiger partial charge in [-0.2, -0.15) is 0 Å². The molecule has 8 unspecified atom stereocenters. The molecule has 0 aromatic carbocycles. The molecule has 4 fully saturated rings. The van der Waals surface area contributed by atoms with Crippen LogP contribution in [0.4, 0.5) is 13.2 Å². The molecule has 0 bridgehead atoms. The van der Waals surface area contributed by atoms with Crippen molar-refractivity contribution in [3.8, 4) is 0 Å². The van der Waals surface area contributed by atoms with Crippen LogP contribution in [0.1, 0.15) is 58.3 Å². The minimum Gasteiger partial charge on any atom is -0.352 e. The molecule has 8 atom stereocenters. The Morgan fingerprint density at radius 2 is 1.78 bits per heavy atom. The normalized spacial score (nSPS) is 41.8. The van der Waals surface area contributed by atoms with Crippen LogP contribution in [0, 0.1) is 17.8 Å². The molecule has 184 valence electrons. The molecule has 2 aliphatic heterocycles. The van der Waals surface area contributed by atoms with Crippen LogP contribution in [0.25, 0.3) is 0 Å². The van der Waals surface area contributed by atoms with Crippen molar-refractivity contribution in [3.05, 3.63) is 0 Å². The first-order valence-electron chi connectivity index (χ1n) is 12.6. The zero-order valence-electron chi connectivity index (χ0n) is 19.8. The van der Waals surface area contributed by atoms with Gasteiger partial charge in [-0.1, -0.05) is 6.92 Å². The van der Waals surface area contributed by atoms with Crippen LogP contribution in [-0.4, -0.2) is 85.7 Å². The molecule has 1 amide bonds. The molecule has 0 aromatic rings. The van der Waals surface area contributed by atoms with Crippen LogP contribution in [0.15, 0.2) is 0 Å². The second-order valence-corrected chi connectivity index (χ2v) is 11.1. The molecule has 2 heterocycles. The number of carbonyl (C=O) groups is 1. The van der Waals surface area contributed by atoms with Gasteiger partial charge in [0.1, 0.15) is 6.17 Å². The molecule has 2 saturated carbocycles. The topological polar surface area (TPSA) is 47.6 Å². The predicted molar refractivity (Wildman–Crippen MR) is 119 cm³/mol. The van der Waals surface area contributed by atoms with E-state index in [0.29, 0.717) is 37.6 Å². The number of carbonyl (C=O) groups excluding carboxylic acids is 1. The molecule has 5 nitrogen and oxygen atoms in total. The molecular formula is C24H41F3N4O. The lowest BCUT2D eigenvalue weighted by Crippen LogP contribution is -2.54. The number of rotatable bonds is 5. The van der Waals surface area contributed by atoms with E-state index in [2.05, 4.69) is 41.5 Å². The second kappa shape index (κ2) is 10.2. The lowest BCUT2D eigenvalue weighted by Gasteiger charge is -2.44. The molecule has 0 aromatic heterocycles. The largest absolute Gasteiger partial charge is 0.352 e. The van der Waals surface area contributed by atoms with Gasteiger partial charge in [-0.3, -0.25) is 4.79 Å². The van der Waals surface area contributed by atoms with Gasteiger partial charge in [0.05, 0.1) is 6.04 Å². The van der Waals surface area contributed by atoms with Gasteiger partial charge in [-0.25, -0.2) is 13.2 Å². The van der Waals surface area contributed by atoms with Crippen LogP contribution < -0.4 is 10.6 Å². The van der Waals surface area contributed by atoms with Crippen molar-refractivity contribution in [2.45, 2.75) is 101 Å². The smallest absolute Gasteiger partial charge is 0.241 e. The molecule has 4 aliphatic rings. The van der Waals surface area contributed by atoms with E-state index < -0.39 is 24.6 Å². The Balaban J connectivity index is 1.35. The van der Waals surface area contributed by atoms with Gasteiger partial charge >= 0.3 is 0 Å². The minimum atomic E-state index is -2.36. The number of nitrogens with one attached hydrogen (secondary N) is 2. The summed E-state index contributed by atoms with van der Waals surface area (Å²) in [5.41, 5.74) is 0. The maximum atomic E-state index is 14.4. The van der Waals surface area contributed by atoms with E-state index in [0.717, 1.165) is 38.8 Å². The highest BCUT2D eigenvalue weighted by molar-refractivity contribution is 5.82. The van der Waals surface area contributed by atoms with Crippen molar-refractivity contribution in [1.82, 2.24) is 20.4 Å². The Kier molecular flexibility index (Phi) is 7.72. The third-order valence-corrected chi connectivity index (χ3v) is 8.82. The summed E-state index contributed by atoms with van der Waals surface area (Å²) < 4.78 is 41.9. The van der Waals surface area contributed by atoms with Gasteiger partial charge in [0.2, 0.25) is 12.3 Å². The molecule has 2 N–H and O–H groups in total. The summed E-state index contributed by atoms with van der Waals surface area (Å²) in [7, 11) is 4.19. The van der Waals surface area contributed by atoms with Crippen LogP contribution >= 0.6 is 0 Å². The minimum absolute atomic E-state index is 0.0420. The average molecular weight is 459 g/mol. The Morgan fingerprint density at radius 1 is 1.06 bits per heavy atom. The second-order valence-electron chi connectivity index (χ2n) is 11.1. The maximum absolute atomic E-state index is 14.4. The number of likely N-dealkylation sites (tertiary alicyclic amines) is 1. The fourth-order valence-electron chi connectivity index (χ4n) is 6.82. The zero-order valence-corrected chi connectivity index (χ0v) is 19.8. The number of hydrogen-bond donors (Lipinski definition) is 2. The Labute approximate surface area is 190 Å². The highest BCUT2D eigenvalue weighted by Gasteiger charge is 2.47. The number of halogens is 3. The van der Waals surface area contributed by atoms with Crippen LogP contribution in [0.2, 0.25) is 0 Å². The van der Waals surface area contributed by atoms with E-state index in [1.807, 2.05) is 0 Å². The van der Waals surface area contributed by atoms with Crippen LogP contribution in [-0.2, 0) is 4.79 Å². The lowest BCUT2D eigenvalue weighted by molar-refractivity contribution is -0.124. The summed E-state index contributed by atoms with van der Waals surface area (Å²) >= 11 is 0. The number of amides is 1. The summed E-state index contributed by atoms with van der Waals surface area (Å²) in [5.74, 6) is -0.568. The Hall–Kier alpha value is -0.860. The Bertz CT molecular complexity index is 625. The van der Waals surface area contributed by atoms with Gasteiger partial charge in [0.25, 0.3) is 0 Å². The van der Waals surface area contributed by atoms with E-state index >= 15 is 0 Å². The monoisotopic (exact) mass is 458 g/mol. The van der Waals surface area contributed by atoms with Crippen molar-refractivity contribution >= 4 is 5.91 Å². The van der Waals surface area contributed by atoms with Crippen molar-refractivity contribution in [1.29, 1.82) is 0 Å². The van der Waals surface area contributed by atoms with Crippen LogP contribution in [0.3, 0.4) is 0 Å². The molecule has 2 aliphatic carbocycles. The lowest BCUT2D eigenvalue weighted by atomic mass is 9.77. The van der Waals surface area contributed by atoms with Crippen molar-refractivity contribution in [2.75, 3.05) is 27.2 Å². The first-order valence-corrected chi connectivity index (χ1v) is 12.6. The summed E-state index contributed by atoms with van der Waals surface area (Å²) in [6, 6.07) is 0.0285. The zero-order chi connectivity index (χ0) is 23.0. The fraction of sp³-hybridized carbons (Fsp3) is 0.958. The molecular weight excluding hydrogens is 417 g/mol. The number of nitrogens with zero attached hydrogens (tertiary/aromatic N) is 2. The molecule has 4 rings (SSSR count). The molecule has 32 heavy (non-hydrogen) atoms. The summed E-state index contributed by atoms with van der Waals surface area (Å²) in [4.78, 5) is 17.7. The van der Waals surface area contributed by atoms with Crippen LogP contribution in [0.5, 0.6) is 0 Å². The highest BCUT2D eigenvalue weighted by atomic mass is 19.3. The Morgan fingerprint density at radius 3 is 2.41 bits per heavy atom. The average Bonchev–Trinajstić information content (AvgIpc) is 3.23. The first-order chi connectivity index (χ1) is 15.2. The van der Waals surface area contributed by atoms with Crippen molar-refractivity contribution in [2.24, 2.45) is 17.8 Å². The van der Waals surface area contributed by atoms with E-state index in [1.54, 1.807) is 0 Å². The summed E-state index contributed by atoms with van der Waals surface area (Å²) in [6.07, 6.45) is 2.37. The number of piperidine rings is 1. The summed E-state index contributed by atoms with van der Waals surface area (Å²) in [6.45, 7) is 3.97. The molecule has 0 spiro atoms. The van der Waals surface area contributed by atoms with E-state index in [1.165, 1.54) is 0 Å². The van der Waals surface area contributed by atoms with Gasteiger partial charge < -0.3 is 20.4 Å². The third kappa shape index (κ3) is 5.27. The standard InChI is InChI=1S/C24H41F3N4O/c1-14-4-5-20(25)19-13-21(29-22(14)19)24(32)28-16-10-15(23(26)27)11-18(12-16)31-8-6-17(7-9-31)30(2)3/h14-23,29H,4-13H2,1-3H3,(H,28,32).